The standard InChI is InChI=1S/C26H23NO2S2/c1-15-3-2-4-18(11-15)21-13-24(28)29-22-12-19(9-10-20(21)22)30-26-27-14-23(31-26)25(16-5-6-16)17-7-8-17/h2-4,9-14,16-17,25H,5-8H2,1H3. The smallest absolute Gasteiger partial charge is 0.336 e. The monoisotopic (exact) mass is 445 g/mol. The molecular weight excluding hydrogens is 422 g/mol. The molecule has 2 aromatic heterocycles. The second kappa shape index (κ2) is 7.64. The Labute approximate surface area is 189 Å². The number of aromatic nitrogens is 1. The van der Waals surface area contributed by atoms with Crippen LogP contribution in [0.4, 0.5) is 0 Å². The zero-order valence-corrected chi connectivity index (χ0v) is 19.0. The maximum Gasteiger partial charge on any atom is 0.336 e. The molecule has 0 amide bonds. The maximum atomic E-state index is 12.3. The van der Waals surface area contributed by atoms with Gasteiger partial charge in [0.05, 0.1) is 0 Å². The fourth-order valence-corrected chi connectivity index (χ4v) is 6.88. The molecule has 0 unspecified atom stereocenters. The predicted molar refractivity (Wildman–Crippen MR) is 127 cm³/mol. The number of fused-ring (bicyclic) bond motifs is 1. The molecule has 2 aromatic carbocycles. The third kappa shape index (κ3) is 3.97. The Balaban J connectivity index is 1.32. The van der Waals surface area contributed by atoms with E-state index < -0.39 is 0 Å². The van der Waals surface area contributed by atoms with Crippen molar-refractivity contribution in [2.75, 3.05) is 0 Å². The first kappa shape index (κ1) is 19.3. The second-order valence-electron chi connectivity index (χ2n) is 8.84. The van der Waals surface area contributed by atoms with E-state index >= 15 is 0 Å². The van der Waals surface area contributed by atoms with Crippen LogP contribution in [-0.4, -0.2) is 4.98 Å². The Morgan fingerprint density at radius 3 is 2.61 bits per heavy atom. The molecule has 156 valence electrons. The van der Waals surface area contributed by atoms with Crippen LogP contribution >= 0.6 is 23.1 Å². The Morgan fingerprint density at radius 2 is 1.87 bits per heavy atom. The van der Waals surface area contributed by atoms with Gasteiger partial charge in [-0.2, -0.15) is 0 Å². The third-order valence-corrected chi connectivity index (χ3v) is 8.50. The summed E-state index contributed by atoms with van der Waals surface area (Å²) in [6.45, 7) is 2.06. The molecule has 2 aliphatic carbocycles. The molecule has 0 atom stereocenters. The van der Waals surface area contributed by atoms with Gasteiger partial charge < -0.3 is 4.42 Å². The van der Waals surface area contributed by atoms with Gasteiger partial charge in [-0.25, -0.2) is 9.78 Å². The summed E-state index contributed by atoms with van der Waals surface area (Å²) in [6.07, 6.45) is 7.64. The molecule has 5 heteroatoms. The first-order valence-corrected chi connectivity index (χ1v) is 12.6. The predicted octanol–water partition coefficient (Wildman–Crippen LogP) is 7.28. The minimum absolute atomic E-state index is 0.320. The maximum absolute atomic E-state index is 12.3. The number of nitrogens with zero attached hydrogens (tertiary/aromatic N) is 1. The van der Waals surface area contributed by atoms with Gasteiger partial charge in [-0.15, -0.1) is 11.3 Å². The lowest BCUT2D eigenvalue weighted by atomic mass is 9.97. The lowest BCUT2D eigenvalue weighted by molar-refractivity contribution is 0.546. The fraction of sp³-hybridized carbons (Fsp3) is 0.308. The highest BCUT2D eigenvalue weighted by Crippen LogP contribution is 2.56. The van der Waals surface area contributed by atoms with Crippen LogP contribution in [0.3, 0.4) is 0 Å². The van der Waals surface area contributed by atoms with Crippen molar-refractivity contribution in [1.82, 2.24) is 4.98 Å². The van der Waals surface area contributed by atoms with Crippen molar-refractivity contribution >= 4 is 34.1 Å². The van der Waals surface area contributed by atoms with E-state index in [2.05, 4.69) is 37.4 Å². The molecule has 4 aromatic rings. The summed E-state index contributed by atoms with van der Waals surface area (Å²) in [5, 5.41) is 0.955. The van der Waals surface area contributed by atoms with E-state index in [1.165, 1.54) is 36.1 Å². The van der Waals surface area contributed by atoms with Gasteiger partial charge in [0.25, 0.3) is 0 Å². The summed E-state index contributed by atoms with van der Waals surface area (Å²) >= 11 is 3.50. The summed E-state index contributed by atoms with van der Waals surface area (Å²) in [5.74, 6) is 2.51. The first-order valence-electron chi connectivity index (χ1n) is 10.9. The van der Waals surface area contributed by atoms with Crippen LogP contribution in [0, 0.1) is 18.8 Å². The normalized spacial score (nSPS) is 16.3. The lowest BCUT2D eigenvalue weighted by Gasteiger charge is -2.11. The number of benzene rings is 2. The highest BCUT2D eigenvalue weighted by atomic mass is 32.2. The van der Waals surface area contributed by atoms with Crippen molar-refractivity contribution < 1.29 is 4.42 Å². The largest absolute Gasteiger partial charge is 0.423 e. The van der Waals surface area contributed by atoms with Crippen molar-refractivity contribution in [3.8, 4) is 11.1 Å². The molecule has 2 aliphatic rings. The molecule has 3 nitrogen and oxygen atoms in total. The van der Waals surface area contributed by atoms with Crippen LogP contribution in [0.1, 0.15) is 42.0 Å². The topological polar surface area (TPSA) is 43.1 Å². The van der Waals surface area contributed by atoms with Gasteiger partial charge in [0, 0.05) is 33.3 Å². The van der Waals surface area contributed by atoms with E-state index in [1.54, 1.807) is 17.8 Å². The fourth-order valence-electron chi connectivity index (χ4n) is 4.59. The Hall–Kier alpha value is -2.37. The van der Waals surface area contributed by atoms with Gasteiger partial charge in [-0.3, -0.25) is 0 Å². The van der Waals surface area contributed by atoms with E-state index in [9.17, 15) is 4.79 Å². The van der Waals surface area contributed by atoms with Gasteiger partial charge in [-0.05, 0) is 73.8 Å². The van der Waals surface area contributed by atoms with Crippen molar-refractivity contribution in [1.29, 1.82) is 0 Å². The summed E-state index contributed by atoms with van der Waals surface area (Å²) in [4.78, 5) is 19.5. The van der Waals surface area contributed by atoms with Crippen molar-refractivity contribution in [2.24, 2.45) is 11.8 Å². The Kier molecular flexibility index (Phi) is 4.77. The third-order valence-electron chi connectivity index (χ3n) is 6.34. The zero-order chi connectivity index (χ0) is 20.9. The van der Waals surface area contributed by atoms with Crippen LogP contribution in [-0.2, 0) is 0 Å². The van der Waals surface area contributed by atoms with Crippen molar-refractivity contribution in [2.45, 2.75) is 47.8 Å². The molecule has 0 bridgehead atoms. The summed E-state index contributed by atoms with van der Waals surface area (Å²) in [5.41, 5.74) is 3.43. The SMILES string of the molecule is Cc1cccc(-c2cc(=O)oc3cc(Sc4ncc(C(C5CC5)C5CC5)s4)ccc23)c1. The first-order chi connectivity index (χ1) is 15.1. The number of rotatable bonds is 6. The quantitative estimate of drug-likeness (QED) is 0.293. The molecule has 2 fully saturated rings. The molecule has 0 N–H and O–H groups in total. The molecular formula is C26H23NO2S2. The minimum Gasteiger partial charge on any atom is -0.423 e. The van der Waals surface area contributed by atoms with E-state index in [1.807, 2.05) is 29.5 Å². The highest BCUT2D eigenvalue weighted by Gasteiger charge is 2.43. The Morgan fingerprint density at radius 1 is 1.06 bits per heavy atom. The van der Waals surface area contributed by atoms with Crippen molar-refractivity contribution in [3.63, 3.8) is 0 Å². The van der Waals surface area contributed by atoms with Crippen LogP contribution < -0.4 is 5.63 Å². The van der Waals surface area contributed by atoms with Crippen LogP contribution in [0.2, 0.25) is 0 Å². The van der Waals surface area contributed by atoms with Crippen LogP contribution in [0.5, 0.6) is 0 Å². The molecule has 0 radical (unpaired) electrons. The summed E-state index contributed by atoms with van der Waals surface area (Å²) in [6, 6.07) is 15.9. The van der Waals surface area contributed by atoms with E-state index in [-0.39, 0.29) is 5.63 Å². The molecule has 6 rings (SSSR count). The molecule has 31 heavy (non-hydrogen) atoms. The molecule has 0 spiro atoms. The zero-order valence-electron chi connectivity index (χ0n) is 17.3. The van der Waals surface area contributed by atoms with Gasteiger partial charge in [-0.1, -0.05) is 41.6 Å². The average Bonchev–Trinajstić information content (AvgIpc) is 3.68. The highest BCUT2D eigenvalue weighted by molar-refractivity contribution is 8.01. The van der Waals surface area contributed by atoms with Crippen LogP contribution in [0.15, 0.2) is 73.2 Å². The van der Waals surface area contributed by atoms with Gasteiger partial charge >= 0.3 is 5.63 Å². The number of thiazole rings is 1. The molecule has 2 heterocycles. The number of hydrogen-bond acceptors (Lipinski definition) is 5. The molecule has 0 saturated heterocycles. The number of hydrogen-bond donors (Lipinski definition) is 0. The summed E-state index contributed by atoms with van der Waals surface area (Å²) < 4.78 is 6.64. The average molecular weight is 446 g/mol. The van der Waals surface area contributed by atoms with E-state index in [4.69, 9.17) is 9.40 Å². The minimum atomic E-state index is -0.320. The van der Waals surface area contributed by atoms with Gasteiger partial charge in [0.2, 0.25) is 0 Å². The Bertz CT molecular complexity index is 1320. The van der Waals surface area contributed by atoms with Gasteiger partial charge in [0.1, 0.15) is 5.58 Å². The van der Waals surface area contributed by atoms with Gasteiger partial charge in [0.15, 0.2) is 4.34 Å². The molecule has 0 aliphatic heterocycles. The molecule has 2 saturated carbocycles. The van der Waals surface area contributed by atoms with E-state index in [0.717, 1.165) is 43.5 Å². The number of aryl methyl sites for hydroxylation is 1. The summed E-state index contributed by atoms with van der Waals surface area (Å²) in [7, 11) is 0. The second-order valence-corrected chi connectivity index (χ2v) is 11.2. The van der Waals surface area contributed by atoms with E-state index in [0.29, 0.717) is 5.58 Å². The lowest BCUT2D eigenvalue weighted by Crippen LogP contribution is -2.00. The van der Waals surface area contributed by atoms with Crippen LogP contribution in [0.25, 0.3) is 22.1 Å². The van der Waals surface area contributed by atoms with Crippen molar-refractivity contribution in [3.05, 3.63) is 75.6 Å².